The molecule has 22 heavy (non-hydrogen) atoms. The molecule has 0 radical (unpaired) electrons. The van der Waals surface area contributed by atoms with Crippen molar-refractivity contribution in [1.82, 2.24) is 9.88 Å². The van der Waals surface area contributed by atoms with E-state index in [4.69, 9.17) is 4.52 Å². The summed E-state index contributed by atoms with van der Waals surface area (Å²) in [6, 6.07) is 2.96. The normalized spacial score (nSPS) is 11.6. The molecule has 0 bridgehead atoms. The van der Waals surface area contributed by atoms with E-state index in [1.54, 1.807) is 19.9 Å². The molecule has 2 rings (SSSR count). The Morgan fingerprint density at radius 1 is 1.36 bits per heavy atom. The Morgan fingerprint density at radius 2 is 2.09 bits per heavy atom. The van der Waals surface area contributed by atoms with Crippen LogP contribution in [-0.2, 0) is 10.0 Å². The van der Waals surface area contributed by atoms with Crippen LogP contribution in [0.15, 0.2) is 21.6 Å². The van der Waals surface area contributed by atoms with Gasteiger partial charge >= 0.3 is 0 Å². The maximum atomic E-state index is 12.1. The van der Waals surface area contributed by atoms with E-state index in [0.29, 0.717) is 34.3 Å². The van der Waals surface area contributed by atoms with Gasteiger partial charge in [0.15, 0.2) is 5.82 Å². The largest absolute Gasteiger partial charge is 0.360 e. The number of aryl methyl sites for hydroxylation is 2. The highest BCUT2D eigenvalue weighted by Gasteiger charge is 2.22. The number of nitrogens with one attached hydrogen (secondary N) is 2. The third-order valence-corrected chi connectivity index (χ3v) is 5.56. The van der Waals surface area contributed by atoms with Gasteiger partial charge in [0.05, 0.1) is 9.77 Å². The fourth-order valence-corrected chi connectivity index (χ4v) is 4.38. The van der Waals surface area contributed by atoms with Gasteiger partial charge in [-0.3, -0.25) is 4.79 Å². The minimum absolute atomic E-state index is 0.132. The van der Waals surface area contributed by atoms with E-state index in [1.807, 2.05) is 6.92 Å². The lowest BCUT2D eigenvalue weighted by molar-refractivity contribution is 0.102. The summed E-state index contributed by atoms with van der Waals surface area (Å²) in [5.74, 6) is 0.449. The number of hydrogen-bond donors (Lipinski definition) is 2. The first-order chi connectivity index (χ1) is 10.3. The summed E-state index contributed by atoms with van der Waals surface area (Å²) in [4.78, 5) is 13.1. The Hall–Kier alpha value is -1.71. The van der Waals surface area contributed by atoms with Gasteiger partial charge in [-0.2, -0.15) is 0 Å². The number of nitrogens with zero attached hydrogens (tertiary/aromatic N) is 1. The zero-order valence-electron chi connectivity index (χ0n) is 12.5. The number of rotatable bonds is 6. The predicted molar refractivity (Wildman–Crippen MR) is 83.7 cm³/mol. The number of thiophene rings is 1. The Bertz CT molecular complexity index is 777. The van der Waals surface area contributed by atoms with Crippen LogP contribution >= 0.6 is 11.3 Å². The molecule has 2 aromatic heterocycles. The molecule has 2 N–H and O–H groups in total. The molecular formula is C13H17N3O4S2. The van der Waals surface area contributed by atoms with Crippen molar-refractivity contribution in [1.29, 1.82) is 0 Å². The summed E-state index contributed by atoms with van der Waals surface area (Å²) < 4.78 is 31.6. The van der Waals surface area contributed by atoms with E-state index in [0.717, 1.165) is 11.3 Å². The molecule has 7 nitrogen and oxygen atoms in total. The van der Waals surface area contributed by atoms with Crippen molar-refractivity contribution in [2.75, 3.05) is 11.9 Å². The van der Waals surface area contributed by atoms with Crippen molar-refractivity contribution in [2.45, 2.75) is 32.1 Å². The first kappa shape index (κ1) is 16.7. The van der Waals surface area contributed by atoms with Crippen LogP contribution in [0.3, 0.4) is 0 Å². The third-order valence-electron chi connectivity index (χ3n) is 2.80. The molecule has 0 unspecified atom stereocenters. The van der Waals surface area contributed by atoms with Crippen LogP contribution < -0.4 is 10.0 Å². The monoisotopic (exact) mass is 343 g/mol. The van der Waals surface area contributed by atoms with Gasteiger partial charge in [-0.15, -0.1) is 11.3 Å². The first-order valence-corrected chi connectivity index (χ1v) is 8.98. The second-order valence-electron chi connectivity index (χ2n) is 4.71. The zero-order chi connectivity index (χ0) is 16.3. The van der Waals surface area contributed by atoms with Crippen LogP contribution in [0.2, 0.25) is 0 Å². The van der Waals surface area contributed by atoms with E-state index in [2.05, 4.69) is 15.2 Å². The zero-order valence-corrected chi connectivity index (χ0v) is 14.1. The van der Waals surface area contributed by atoms with Gasteiger partial charge in [-0.05, 0) is 26.3 Å². The van der Waals surface area contributed by atoms with Crippen LogP contribution in [0.25, 0.3) is 0 Å². The second kappa shape index (κ2) is 6.59. The van der Waals surface area contributed by atoms with Crippen molar-refractivity contribution in [3.63, 3.8) is 0 Å². The van der Waals surface area contributed by atoms with Gasteiger partial charge in [0, 0.05) is 17.5 Å². The number of amides is 1. The molecule has 0 aliphatic heterocycles. The molecule has 2 heterocycles. The predicted octanol–water partition coefficient (Wildman–Crippen LogP) is 2.29. The average molecular weight is 343 g/mol. The summed E-state index contributed by atoms with van der Waals surface area (Å²) >= 11 is 1.12. The van der Waals surface area contributed by atoms with E-state index in [-0.39, 0.29) is 4.90 Å². The first-order valence-electron chi connectivity index (χ1n) is 6.68. The standard InChI is InChI=1S/C13H17N3O4S2/c1-4-5-14-22(18,19)11-7-10(21-9(11)3)13(17)15-12-6-8(2)20-16-12/h6-7,14H,4-5H2,1-3H3,(H,15,16,17). The van der Waals surface area contributed by atoms with Crippen LogP contribution in [0, 0.1) is 13.8 Å². The molecule has 0 aromatic carbocycles. The fourth-order valence-electron chi connectivity index (χ4n) is 1.76. The van der Waals surface area contributed by atoms with Crippen LogP contribution in [-0.4, -0.2) is 26.0 Å². The highest BCUT2D eigenvalue weighted by molar-refractivity contribution is 7.89. The van der Waals surface area contributed by atoms with Crippen LogP contribution in [0.4, 0.5) is 5.82 Å². The number of hydrogen-bond acceptors (Lipinski definition) is 6. The minimum atomic E-state index is -3.59. The number of sulfonamides is 1. The van der Waals surface area contributed by atoms with Crippen molar-refractivity contribution in [3.05, 3.63) is 27.6 Å². The quantitative estimate of drug-likeness (QED) is 0.838. The highest BCUT2D eigenvalue weighted by atomic mass is 32.2. The minimum Gasteiger partial charge on any atom is -0.360 e. The van der Waals surface area contributed by atoms with Gasteiger partial charge in [-0.25, -0.2) is 13.1 Å². The smallest absolute Gasteiger partial charge is 0.267 e. The summed E-state index contributed by atoms with van der Waals surface area (Å²) in [6.45, 7) is 5.61. The van der Waals surface area contributed by atoms with Crippen LogP contribution in [0.5, 0.6) is 0 Å². The van der Waals surface area contributed by atoms with Gasteiger partial charge in [-0.1, -0.05) is 12.1 Å². The van der Waals surface area contributed by atoms with Gasteiger partial charge in [0.25, 0.3) is 5.91 Å². The highest BCUT2D eigenvalue weighted by Crippen LogP contribution is 2.26. The molecule has 0 fully saturated rings. The van der Waals surface area contributed by atoms with E-state index < -0.39 is 15.9 Å². The van der Waals surface area contributed by atoms with Crippen molar-refractivity contribution < 1.29 is 17.7 Å². The Balaban J connectivity index is 2.20. The van der Waals surface area contributed by atoms with E-state index in [9.17, 15) is 13.2 Å². The van der Waals surface area contributed by atoms with E-state index >= 15 is 0 Å². The number of carbonyl (C=O) groups excluding carboxylic acids is 1. The Kier molecular flexibility index (Phi) is 4.99. The molecule has 9 heteroatoms. The second-order valence-corrected chi connectivity index (χ2v) is 7.70. The van der Waals surface area contributed by atoms with Crippen molar-refractivity contribution in [2.24, 2.45) is 0 Å². The number of anilines is 1. The molecule has 0 spiro atoms. The summed E-state index contributed by atoms with van der Waals surface area (Å²) in [5, 5.41) is 6.23. The maximum Gasteiger partial charge on any atom is 0.267 e. The van der Waals surface area contributed by atoms with Gasteiger partial charge in [0.1, 0.15) is 5.76 Å². The Morgan fingerprint density at radius 3 is 2.68 bits per heavy atom. The van der Waals surface area contributed by atoms with Crippen molar-refractivity contribution >= 4 is 33.1 Å². The van der Waals surface area contributed by atoms with Crippen LogP contribution in [0.1, 0.15) is 33.7 Å². The maximum absolute atomic E-state index is 12.1. The SMILES string of the molecule is CCCNS(=O)(=O)c1cc(C(=O)Nc2cc(C)on2)sc1C. The molecule has 0 saturated carbocycles. The number of aromatic nitrogens is 1. The Labute approximate surface area is 132 Å². The van der Waals surface area contributed by atoms with Gasteiger partial charge in [0.2, 0.25) is 10.0 Å². The summed E-state index contributed by atoms with van der Waals surface area (Å²) in [7, 11) is -3.59. The van der Waals surface area contributed by atoms with Gasteiger partial charge < -0.3 is 9.84 Å². The molecule has 1 amide bonds. The number of carbonyl (C=O) groups is 1. The van der Waals surface area contributed by atoms with E-state index in [1.165, 1.54) is 6.07 Å². The fraction of sp³-hybridized carbons (Fsp3) is 0.385. The van der Waals surface area contributed by atoms with Crippen molar-refractivity contribution in [3.8, 4) is 0 Å². The molecule has 0 atom stereocenters. The molecular weight excluding hydrogens is 326 g/mol. The topological polar surface area (TPSA) is 101 Å². The summed E-state index contributed by atoms with van der Waals surface area (Å²) in [5.41, 5.74) is 0. The molecule has 0 aliphatic carbocycles. The lowest BCUT2D eigenvalue weighted by atomic mass is 10.4. The molecule has 120 valence electrons. The lowest BCUT2D eigenvalue weighted by Gasteiger charge is -2.03. The average Bonchev–Trinajstić information content (AvgIpc) is 3.03. The third kappa shape index (κ3) is 3.73. The lowest BCUT2D eigenvalue weighted by Crippen LogP contribution is -2.24. The molecule has 2 aromatic rings. The molecule has 0 saturated heterocycles. The summed E-state index contributed by atoms with van der Waals surface area (Å²) in [6.07, 6.45) is 0.696. The molecule has 0 aliphatic rings.